The predicted molar refractivity (Wildman–Crippen MR) is 69.9 cm³/mol. The minimum absolute atomic E-state index is 0.0783. The van der Waals surface area contributed by atoms with Crippen molar-refractivity contribution in [3.05, 3.63) is 59.9 Å². The van der Waals surface area contributed by atoms with E-state index in [4.69, 9.17) is 9.94 Å². The smallest absolute Gasteiger partial charge is 0.215 e. The van der Waals surface area contributed by atoms with Crippen LogP contribution in [0.5, 0.6) is 5.75 Å². The average molecular weight is 256 g/mol. The van der Waals surface area contributed by atoms with Crippen molar-refractivity contribution in [2.75, 3.05) is 7.11 Å². The molecule has 19 heavy (non-hydrogen) atoms. The van der Waals surface area contributed by atoms with Crippen molar-refractivity contribution in [2.45, 2.75) is 0 Å². The summed E-state index contributed by atoms with van der Waals surface area (Å²) in [5, 5.41) is 12.2. The number of carbonyl (C=O) groups excluding carboxylic acids is 1. The zero-order valence-corrected chi connectivity index (χ0v) is 10.3. The largest absolute Gasteiger partial charge is 0.494 e. The number of Topliss-reactive ketones (excluding diaryl/α,β-unsaturated/α-hetero) is 1. The summed E-state index contributed by atoms with van der Waals surface area (Å²) in [4.78, 5) is 16.2. The van der Waals surface area contributed by atoms with E-state index in [9.17, 15) is 4.79 Å². The number of nitrogens with zero attached hydrogens (tertiary/aromatic N) is 2. The Kier molecular flexibility index (Phi) is 3.87. The van der Waals surface area contributed by atoms with E-state index in [1.54, 1.807) is 36.4 Å². The fraction of sp³-hybridized carbons (Fsp3) is 0.0714. The van der Waals surface area contributed by atoms with Crippen LogP contribution in [0.4, 0.5) is 0 Å². The quantitative estimate of drug-likeness (QED) is 0.394. The van der Waals surface area contributed by atoms with Crippen molar-refractivity contribution < 1.29 is 14.7 Å². The molecule has 0 fully saturated rings. The van der Waals surface area contributed by atoms with Gasteiger partial charge in [-0.05, 0) is 6.07 Å². The van der Waals surface area contributed by atoms with Crippen LogP contribution in [0.3, 0.4) is 0 Å². The second kappa shape index (κ2) is 5.77. The van der Waals surface area contributed by atoms with Gasteiger partial charge in [0, 0.05) is 11.8 Å². The van der Waals surface area contributed by atoms with Crippen molar-refractivity contribution in [1.29, 1.82) is 0 Å². The van der Waals surface area contributed by atoms with E-state index in [0.717, 1.165) is 0 Å². The minimum Gasteiger partial charge on any atom is -0.494 e. The summed E-state index contributed by atoms with van der Waals surface area (Å²) in [7, 11) is 1.46. The molecule has 0 aliphatic rings. The van der Waals surface area contributed by atoms with Crippen LogP contribution in [0.2, 0.25) is 0 Å². The Balaban J connectivity index is 2.44. The Labute approximate surface area is 110 Å². The molecule has 0 saturated carbocycles. The summed E-state index contributed by atoms with van der Waals surface area (Å²) in [5.74, 6) is -0.00724. The molecule has 0 radical (unpaired) electrons. The SMILES string of the molecule is COc1cnccc1C(=NO)C(=O)c1ccccc1. The third-order valence-electron chi connectivity index (χ3n) is 2.61. The molecule has 0 aliphatic carbocycles. The predicted octanol–water partition coefficient (Wildman–Crippen LogP) is 2.15. The van der Waals surface area contributed by atoms with Gasteiger partial charge in [-0.15, -0.1) is 0 Å². The monoisotopic (exact) mass is 256 g/mol. The summed E-state index contributed by atoms with van der Waals surface area (Å²) in [6.45, 7) is 0. The third-order valence-corrected chi connectivity index (χ3v) is 2.61. The zero-order chi connectivity index (χ0) is 13.7. The number of methoxy groups -OCH3 is 1. The van der Waals surface area contributed by atoms with Gasteiger partial charge in [0.05, 0.1) is 18.9 Å². The highest BCUT2D eigenvalue weighted by molar-refractivity contribution is 6.51. The van der Waals surface area contributed by atoms with Crippen LogP contribution in [0.1, 0.15) is 15.9 Å². The molecular formula is C14H12N2O3. The van der Waals surface area contributed by atoms with Crippen molar-refractivity contribution in [3.63, 3.8) is 0 Å². The fourth-order valence-corrected chi connectivity index (χ4v) is 1.69. The molecule has 0 amide bonds. The number of carbonyl (C=O) groups is 1. The highest BCUT2D eigenvalue weighted by Crippen LogP contribution is 2.19. The van der Waals surface area contributed by atoms with E-state index in [-0.39, 0.29) is 11.5 Å². The Morgan fingerprint density at radius 3 is 2.63 bits per heavy atom. The first-order valence-electron chi connectivity index (χ1n) is 5.58. The maximum atomic E-state index is 12.3. The number of oxime groups is 1. The molecule has 5 nitrogen and oxygen atoms in total. The highest BCUT2D eigenvalue weighted by atomic mass is 16.5. The maximum absolute atomic E-state index is 12.3. The molecule has 0 atom stereocenters. The first kappa shape index (κ1) is 12.8. The van der Waals surface area contributed by atoms with Crippen LogP contribution < -0.4 is 4.74 Å². The molecule has 96 valence electrons. The van der Waals surface area contributed by atoms with Gasteiger partial charge in [0.1, 0.15) is 5.75 Å². The summed E-state index contributed by atoms with van der Waals surface area (Å²) >= 11 is 0. The van der Waals surface area contributed by atoms with E-state index < -0.39 is 0 Å². The van der Waals surface area contributed by atoms with Gasteiger partial charge in [0.2, 0.25) is 5.78 Å². The Morgan fingerprint density at radius 2 is 2.00 bits per heavy atom. The average Bonchev–Trinajstić information content (AvgIpc) is 2.49. The number of benzene rings is 1. The molecule has 0 aliphatic heterocycles. The lowest BCUT2D eigenvalue weighted by Gasteiger charge is -2.08. The van der Waals surface area contributed by atoms with Crippen LogP contribution in [0.15, 0.2) is 53.9 Å². The first-order valence-corrected chi connectivity index (χ1v) is 5.58. The molecule has 2 rings (SSSR count). The molecule has 0 unspecified atom stereocenters. The summed E-state index contributed by atoms with van der Waals surface area (Å²) in [6, 6.07) is 10.2. The molecule has 0 spiro atoms. The Bertz CT molecular complexity index is 609. The van der Waals surface area contributed by atoms with Crippen molar-refractivity contribution in [2.24, 2.45) is 5.16 Å². The summed E-state index contributed by atoms with van der Waals surface area (Å²) in [6.07, 6.45) is 2.96. The number of rotatable bonds is 4. The van der Waals surface area contributed by atoms with E-state index >= 15 is 0 Å². The van der Waals surface area contributed by atoms with E-state index in [1.165, 1.54) is 19.5 Å². The third kappa shape index (κ3) is 2.60. The topological polar surface area (TPSA) is 71.8 Å². The zero-order valence-electron chi connectivity index (χ0n) is 10.3. The molecule has 0 bridgehead atoms. The molecule has 2 aromatic rings. The van der Waals surface area contributed by atoms with Gasteiger partial charge >= 0.3 is 0 Å². The number of hydrogen-bond acceptors (Lipinski definition) is 5. The number of pyridine rings is 1. The second-order valence-corrected chi connectivity index (χ2v) is 3.72. The number of ketones is 1. The second-order valence-electron chi connectivity index (χ2n) is 3.72. The lowest BCUT2D eigenvalue weighted by molar-refractivity contribution is 0.106. The normalized spacial score (nSPS) is 11.1. The molecule has 0 saturated heterocycles. The van der Waals surface area contributed by atoms with E-state index in [0.29, 0.717) is 16.9 Å². The molecular weight excluding hydrogens is 244 g/mol. The molecule has 1 N–H and O–H groups in total. The van der Waals surface area contributed by atoms with Crippen molar-refractivity contribution >= 4 is 11.5 Å². The van der Waals surface area contributed by atoms with Gasteiger partial charge in [-0.1, -0.05) is 35.5 Å². The molecule has 1 heterocycles. The van der Waals surface area contributed by atoms with Crippen LogP contribution in [-0.2, 0) is 0 Å². The van der Waals surface area contributed by atoms with Gasteiger partial charge in [-0.25, -0.2) is 0 Å². The lowest BCUT2D eigenvalue weighted by atomic mass is 10.0. The molecule has 1 aromatic heterocycles. The minimum atomic E-state index is -0.382. The molecule has 1 aromatic carbocycles. The maximum Gasteiger partial charge on any atom is 0.215 e. The van der Waals surface area contributed by atoms with Crippen LogP contribution in [-0.4, -0.2) is 28.8 Å². The standard InChI is InChI=1S/C14H12N2O3/c1-19-12-9-15-8-7-11(12)13(16-18)14(17)10-5-3-2-4-6-10/h2-9,18H,1H3. The summed E-state index contributed by atoms with van der Waals surface area (Å²) < 4.78 is 5.11. The lowest BCUT2D eigenvalue weighted by Crippen LogP contribution is -2.17. The highest BCUT2D eigenvalue weighted by Gasteiger charge is 2.20. The van der Waals surface area contributed by atoms with E-state index in [1.807, 2.05) is 0 Å². The van der Waals surface area contributed by atoms with Crippen LogP contribution in [0, 0.1) is 0 Å². The number of ether oxygens (including phenoxy) is 1. The van der Waals surface area contributed by atoms with Crippen molar-refractivity contribution in [3.8, 4) is 5.75 Å². The van der Waals surface area contributed by atoms with Gasteiger partial charge in [-0.3, -0.25) is 9.78 Å². The van der Waals surface area contributed by atoms with E-state index in [2.05, 4.69) is 10.1 Å². The van der Waals surface area contributed by atoms with Crippen molar-refractivity contribution in [1.82, 2.24) is 4.98 Å². The first-order chi connectivity index (χ1) is 9.27. The number of aromatic nitrogens is 1. The number of hydrogen-bond donors (Lipinski definition) is 1. The Morgan fingerprint density at radius 1 is 1.26 bits per heavy atom. The Hall–Kier alpha value is -2.69. The van der Waals surface area contributed by atoms with Gasteiger partial charge in [0.25, 0.3) is 0 Å². The van der Waals surface area contributed by atoms with Gasteiger partial charge < -0.3 is 9.94 Å². The molecule has 5 heteroatoms. The van der Waals surface area contributed by atoms with Crippen LogP contribution >= 0.6 is 0 Å². The van der Waals surface area contributed by atoms with Crippen LogP contribution in [0.25, 0.3) is 0 Å². The van der Waals surface area contributed by atoms with Gasteiger partial charge in [-0.2, -0.15) is 0 Å². The summed E-state index contributed by atoms with van der Waals surface area (Å²) in [5.41, 5.74) is 0.758. The van der Waals surface area contributed by atoms with Gasteiger partial charge in [0.15, 0.2) is 5.71 Å². The fourth-order valence-electron chi connectivity index (χ4n) is 1.69.